The monoisotopic (exact) mass is 204 g/mol. The molecule has 0 amide bonds. The molecule has 0 aromatic rings. The summed E-state index contributed by atoms with van der Waals surface area (Å²) in [4.78, 5) is 0. The number of piperidine rings is 1. The van der Waals surface area contributed by atoms with Crippen LogP contribution in [0, 0.1) is 11.3 Å². The van der Waals surface area contributed by atoms with Crippen molar-refractivity contribution >= 4 is 18.2 Å². The second kappa shape index (κ2) is 4.29. The third-order valence-corrected chi connectivity index (χ3v) is 3.08. The van der Waals surface area contributed by atoms with Crippen molar-refractivity contribution in [1.29, 1.82) is 5.41 Å². The number of hydrogen-bond acceptors (Lipinski definition) is 2. The topological polar surface area (TPSA) is 56.1 Å². The average molecular weight is 205 g/mol. The quantitative estimate of drug-likeness (QED) is 0.557. The van der Waals surface area contributed by atoms with E-state index in [1.54, 1.807) is 0 Å². The van der Waals surface area contributed by atoms with Gasteiger partial charge in [0, 0.05) is 12.5 Å². The number of fused-ring (bicyclic) bond motifs is 1. The summed E-state index contributed by atoms with van der Waals surface area (Å²) < 4.78 is 0. The number of aliphatic hydroxyl groups excluding tert-OH is 1. The Hall–Kier alpha value is -0.280. The first-order valence-corrected chi connectivity index (χ1v) is 4.78. The summed E-state index contributed by atoms with van der Waals surface area (Å²) in [7, 11) is 0. The maximum atomic E-state index is 9.43. The van der Waals surface area contributed by atoms with Gasteiger partial charge in [-0.05, 0) is 31.6 Å². The maximum Gasteiger partial charge on any atom is 0.0933 e. The zero-order chi connectivity index (χ0) is 8.55. The first kappa shape index (κ1) is 10.8. The molecule has 1 saturated heterocycles. The van der Waals surface area contributed by atoms with Crippen molar-refractivity contribution < 1.29 is 5.11 Å². The van der Waals surface area contributed by atoms with Gasteiger partial charge in [0.05, 0.1) is 11.9 Å². The molecule has 1 aliphatic carbocycles. The van der Waals surface area contributed by atoms with Crippen molar-refractivity contribution in [3.8, 4) is 0 Å². The molecule has 76 valence electrons. The molecule has 2 fully saturated rings. The third kappa shape index (κ3) is 2.35. The molecule has 0 spiro atoms. The summed E-state index contributed by atoms with van der Waals surface area (Å²) in [5.41, 5.74) is 0. The highest BCUT2D eigenvalue weighted by atomic mass is 35.5. The van der Waals surface area contributed by atoms with Crippen molar-refractivity contribution in [3.63, 3.8) is 0 Å². The van der Waals surface area contributed by atoms with Gasteiger partial charge in [-0.3, -0.25) is 5.41 Å². The molecule has 1 aliphatic heterocycles. The number of hydrogen-bond donors (Lipinski definition) is 3. The van der Waals surface area contributed by atoms with Crippen molar-refractivity contribution in [1.82, 2.24) is 5.32 Å². The smallest absolute Gasteiger partial charge is 0.0933 e. The van der Waals surface area contributed by atoms with Crippen LogP contribution in [0.25, 0.3) is 0 Å². The first-order valence-electron chi connectivity index (χ1n) is 4.78. The van der Waals surface area contributed by atoms with Crippen molar-refractivity contribution in [2.45, 2.75) is 44.2 Å². The van der Waals surface area contributed by atoms with Crippen LogP contribution in [0.1, 0.15) is 32.1 Å². The Balaban J connectivity index is 0.000000845. The van der Waals surface area contributed by atoms with E-state index in [0.717, 1.165) is 32.1 Å². The summed E-state index contributed by atoms with van der Waals surface area (Å²) in [6, 6.07) is 0.481. The molecule has 3 nitrogen and oxygen atoms in total. The molecule has 0 bridgehead atoms. The summed E-state index contributed by atoms with van der Waals surface area (Å²) in [6.45, 7) is 0. The van der Waals surface area contributed by atoms with Gasteiger partial charge in [-0.15, -0.1) is 12.4 Å². The van der Waals surface area contributed by atoms with E-state index in [9.17, 15) is 5.11 Å². The molecule has 2 rings (SSSR count). The Bertz CT molecular complexity index is 198. The molecule has 3 unspecified atom stereocenters. The van der Waals surface area contributed by atoms with Crippen molar-refractivity contribution in [3.05, 3.63) is 0 Å². The number of nitrogens with one attached hydrogen (secondary N) is 2. The van der Waals surface area contributed by atoms with Gasteiger partial charge in [0.15, 0.2) is 0 Å². The second-order valence-electron chi connectivity index (χ2n) is 4.00. The van der Waals surface area contributed by atoms with E-state index in [2.05, 4.69) is 5.32 Å². The van der Waals surface area contributed by atoms with Crippen LogP contribution in [0.15, 0.2) is 0 Å². The van der Waals surface area contributed by atoms with Crippen molar-refractivity contribution in [2.24, 2.45) is 5.92 Å². The van der Waals surface area contributed by atoms with Gasteiger partial charge in [-0.1, -0.05) is 0 Å². The van der Waals surface area contributed by atoms with Crippen LogP contribution in [0.4, 0.5) is 0 Å². The molecule has 3 N–H and O–H groups in total. The minimum absolute atomic E-state index is 0. The van der Waals surface area contributed by atoms with E-state index >= 15 is 0 Å². The molecule has 1 saturated carbocycles. The zero-order valence-electron chi connectivity index (χ0n) is 7.62. The Morgan fingerprint density at radius 2 is 2.08 bits per heavy atom. The van der Waals surface area contributed by atoms with Crippen LogP contribution in [0.3, 0.4) is 0 Å². The molecular formula is C9H17ClN2O. The number of rotatable bonds is 0. The highest BCUT2D eigenvalue weighted by Gasteiger charge is 2.32. The fourth-order valence-corrected chi connectivity index (χ4v) is 2.37. The van der Waals surface area contributed by atoms with Gasteiger partial charge in [0.2, 0.25) is 0 Å². The van der Waals surface area contributed by atoms with E-state index in [1.807, 2.05) is 0 Å². The Morgan fingerprint density at radius 3 is 2.85 bits per heavy atom. The largest absolute Gasteiger partial charge is 0.393 e. The van der Waals surface area contributed by atoms with Gasteiger partial charge in [0.25, 0.3) is 0 Å². The van der Waals surface area contributed by atoms with Gasteiger partial charge >= 0.3 is 0 Å². The molecule has 0 aromatic carbocycles. The Labute approximate surface area is 84.8 Å². The van der Waals surface area contributed by atoms with E-state index in [0.29, 0.717) is 17.8 Å². The first-order chi connectivity index (χ1) is 5.75. The molecule has 0 radical (unpaired) electrons. The van der Waals surface area contributed by atoms with Crippen LogP contribution >= 0.6 is 12.4 Å². The summed E-state index contributed by atoms with van der Waals surface area (Å²) >= 11 is 0. The summed E-state index contributed by atoms with van der Waals surface area (Å²) in [5.74, 6) is 1.30. The molecule has 4 heteroatoms. The van der Waals surface area contributed by atoms with Gasteiger partial charge in [0.1, 0.15) is 0 Å². The maximum absolute atomic E-state index is 9.43. The highest BCUT2D eigenvalue weighted by Crippen LogP contribution is 2.30. The predicted octanol–water partition coefficient (Wildman–Crippen LogP) is 1.30. The predicted molar refractivity (Wildman–Crippen MR) is 54.5 cm³/mol. The van der Waals surface area contributed by atoms with E-state index < -0.39 is 0 Å². The van der Waals surface area contributed by atoms with Crippen LogP contribution in [-0.2, 0) is 0 Å². The SMILES string of the molecule is Cl.N=C1CCC2CC(O)CCC2N1. The molecule has 0 aromatic heterocycles. The second-order valence-corrected chi connectivity index (χ2v) is 4.00. The van der Waals surface area contributed by atoms with Gasteiger partial charge in [-0.25, -0.2) is 0 Å². The van der Waals surface area contributed by atoms with Crippen LogP contribution in [0.5, 0.6) is 0 Å². The van der Waals surface area contributed by atoms with Crippen LogP contribution in [-0.4, -0.2) is 23.1 Å². The molecular weight excluding hydrogens is 188 g/mol. The molecule has 2 aliphatic rings. The minimum atomic E-state index is -0.0830. The number of amidine groups is 1. The fraction of sp³-hybridized carbons (Fsp3) is 0.889. The van der Waals surface area contributed by atoms with Gasteiger partial charge < -0.3 is 10.4 Å². The number of aliphatic hydroxyl groups is 1. The summed E-state index contributed by atoms with van der Waals surface area (Å²) in [5, 5.41) is 20.1. The van der Waals surface area contributed by atoms with Crippen LogP contribution < -0.4 is 5.32 Å². The standard InChI is InChI=1S/C9H16N2O.ClH/c10-9-4-1-6-5-7(12)2-3-8(6)11-9;/h6-8,12H,1-5H2,(H2,10,11);1H. The highest BCUT2D eigenvalue weighted by molar-refractivity contribution is 5.85. The lowest BCUT2D eigenvalue weighted by Gasteiger charge is -2.38. The van der Waals surface area contributed by atoms with Gasteiger partial charge in [-0.2, -0.15) is 0 Å². The zero-order valence-corrected chi connectivity index (χ0v) is 8.44. The molecule has 3 atom stereocenters. The van der Waals surface area contributed by atoms with Crippen molar-refractivity contribution in [2.75, 3.05) is 0 Å². The third-order valence-electron chi connectivity index (χ3n) is 3.08. The molecule has 1 heterocycles. The Morgan fingerprint density at radius 1 is 1.31 bits per heavy atom. The Kier molecular flexibility index (Phi) is 3.56. The average Bonchev–Trinajstić information content (AvgIpc) is 2.05. The van der Waals surface area contributed by atoms with Crippen LogP contribution in [0.2, 0.25) is 0 Å². The lowest BCUT2D eigenvalue weighted by atomic mass is 9.78. The lowest BCUT2D eigenvalue weighted by molar-refractivity contribution is 0.0792. The van der Waals surface area contributed by atoms with E-state index in [4.69, 9.17) is 5.41 Å². The van der Waals surface area contributed by atoms with E-state index in [1.165, 1.54) is 0 Å². The summed E-state index contributed by atoms with van der Waals surface area (Å²) in [6.07, 6.45) is 4.75. The lowest BCUT2D eigenvalue weighted by Crippen LogP contribution is -2.48. The number of halogens is 1. The fourth-order valence-electron chi connectivity index (χ4n) is 2.37. The molecule has 13 heavy (non-hydrogen) atoms. The van der Waals surface area contributed by atoms with E-state index in [-0.39, 0.29) is 18.5 Å². The normalized spacial score (nSPS) is 38.5. The minimum Gasteiger partial charge on any atom is -0.393 e.